The molecule has 30 heavy (non-hydrogen) atoms. The van der Waals surface area contributed by atoms with Crippen molar-refractivity contribution in [1.29, 1.82) is 0 Å². The van der Waals surface area contributed by atoms with Crippen molar-refractivity contribution < 1.29 is 0 Å². The number of fused-ring (bicyclic) bond motifs is 1. The van der Waals surface area contributed by atoms with Crippen LogP contribution < -0.4 is 16.0 Å². The largest absolute Gasteiger partial charge is 0.368 e. The van der Waals surface area contributed by atoms with Gasteiger partial charge in [0.05, 0.1) is 11.6 Å². The van der Waals surface area contributed by atoms with Crippen molar-refractivity contribution in [2.24, 2.45) is 12.0 Å². The van der Waals surface area contributed by atoms with Gasteiger partial charge in [0, 0.05) is 33.2 Å². The van der Waals surface area contributed by atoms with Crippen molar-refractivity contribution in [3.8, 4) is 0 Å². The normalized spacial score (nSPS) is 11.3. The van der Waals surface area contributed by atoms with Gasteiger partial charge in [-0.15, -0.1) is 24.0 Å². The van der Waals surface area contributed by atoms with Gasteiger partial charge in [-0.3, -0.25) is 9.67 Å². The zero-order valence-corrected chi connectivity index (χ0v) is 20.4. The van der Waals surface area contributed by atoms with E-state index < -0.39 is 0 Å². The molecule has 2 heterocycles. The van der Waals surface area contributed by atoms with Crippen LogP contribution in [0.5, 0.6) is 0 Å². The van der Waals surface area contributed by atoms with E-state index in [1.165, 1.54) is 16.7 Å². The summed E-state index contributed by atoms with van der Waals surface area (Å²) in [5, 5.41) is 15.2. The number of halogens is 1. The van der Waals surface area contributed by atoms with Gasteiger partial charge in [0.1, 0.15) is 12.1 Å². The molecule has 0 aliphatic carbocycles. The molecule has 0 aliphatic rings. The number of hydrogen-bond donors (Lipinski definition) is 3. The Labute approximate surface area is 195 Å². The van der Waals surface area contributed by atoms with E-state index in [2.05, 4.69) is 70.0 Å². The third-order valence-corrected chi connectivity index (χ3v) is 4.54. The van der Waals surface area contributed by atoms with E-state index >= 15 is 0 Å². The molecule has 3 rings (SSSR count). The highest BCUT2D eigenvalue weighted by molar-refractivity contribution is 14.0. The van der Waals surface area contributed by atoms with Crippen molar-refractivity contribution in [2.45, 2.75) is 27.2 Å². The van der Waals surface area contributed by atoms with Gasteiger partial charge < -0.3 is 16.0 Å². The van der Waals surface area contributed by atoms with Gasteiger partial charge in [-0.1, -0.05) is 29.3 Å². The predicted molar refractivity (Wildman–Crippen MR) is 134 cm³/mol. The lowest BCUT2D eigenvalue weighted by Crippen LogP contribution is -2.39. The van der Waals surface area contributed by atoms with Crippen molar-refractivity contribution in [1.82, 2.24) is 30.4 Å². The number of rotatable bonds is 8. The number of nitrogens with zero attached hydrogens (tertiary/aromatic N) is 5. The predicted octanol–water partition coefficient (Wildman–Crippen LogP) is 2.81. The molecule has 0 aliphatic heterocycles. The molecule has 0 unspecified atom stereocenters. The first-order valence-corrected chi connectivity index (χ1v) is 10.0. The number of hydrogen-bond acceptors (Lipinski definition) is 5. The molecular weight excluding hydrogens is 491 g/mol. The minimum atomic E-state index is 0. The summed E-state index contributed by atoms with van der Waals surface area (Å²) in [5.74, 6) is 1.62. The summed E-state index contributed by atoms with van der Waals surface area (Å²) in [5.41, 5.74) is 4.74. The Balaban J connectivity index is 0.00000320. The van der Waals surface area contributed by atoms with Crippen molar-refractivity contribution >= 4 is 46.8 Å². The number of nitrogens with one attached hydrogen (secondary N) is 3. The fourth-order valence-corrected chi connectivity index (χ4v) is 3.32. The first-order chi connectivity index (χ1) is 14.1. The van der Waals surface area contributed by atoms with Crippen molar-refractivity contribution in [3.63, 3.8) is 0 Å². The molecule has 3 N–H and O–H groups in total. The SMILES string of the molecule is CCNC(=NCCc1cc(C)cc(C)c1)NCCNc1ncnc2c1cnn2C.I. The summed E-state index contributed by atoms with van der Waals surface area (Å²) in [6.07, 6.45) is 4.26. The van der Waals surface area contributed by atoms with Gasteiger partial charge in [-0.2, -0.15) is 5.10 Å². The summed E-state index contributed by atoms with van der Waals surface area (Å²) in [4.78, 5) is 13.3. The second-order valence-corrected chi connectivity index (χ2v) is 7.09. The lowest BCUT2D eigenvalue weighted by atomic mass is 10.1. The second kappa shape index (κ2) is 11.7. The van der Waals surface area contributed by atoms with Gasteiger partial charge >= 0.3 is 0 Å². The van der Waals surface area contributed by atoms with Crippen LogP contribution in [0, 0.1) is 13.8 Å². The van der Waals surface area contributed by atoms with E-state index in [9.17, 15) is 0 Å². The smallest absolute Gasteiger partial charge is 0.191 e. The van der Waals surface area contributed by atoms with Crippen LogP contribution >= 0.6 is 24.0 Å². The zero-order valence-electron chi connectivity index (χ0n) is 18.1. The molecule has 1 aromatic carbocycles. The maximum atomic E-state index is 4.69. The van der Waals surface area contributed by atoms with Crippen molar-refractivity contribution in [3.05, 3.63) is 47.4 Å². The van der Waals surface area contributed by atoms with Gasteiger partial charge in [0.2, 0.25) is 0 Å². The highest BCUT2D eigenvalue weighted by atomic mass is 127. The van der Waals surface area contributed by atoms with Gasteiger partial charge in [0.25, 0.3) is 0 Å². The standard InChI is InChI=1S/C21H30N8.HI/c1-5-22-21(24-7-6-17-11-15(2)10-16(3)12-17)25-9-8-23-19-18-13-28-29(4)20(18)27-14-26-19;/h10-14H,5-9H2,1-4H3,(H2,22,24,25)(H,23,26,27);1H. The molecular formula is C21H31IN8. The number of guanidine groups is 1. The number of aromatic nitrogens is 4. The number of aryl methyl sites for hydroxylation is 3. The van der Waals surface area contributed by atoms with E-state index in [1.54, 1.807) is 17.2 Å². The van der Waals surface area contributed by atoms with E-state index in [-0.39, 0.29) is 24.0 Å². The lowest BCUT2D eigenvalue weighted by Gasteiger charge is -2.12. The minimum absolute atomic E-state index is 0. The summed E-state index contributed by atoms with van der Waals surface area (Å²) in [6.45, 7) is 9.34. The summed E-state index contributed by atoms with van der Waals surface area (Å²) >= 11 is 0. The Morgan fingerprint density at radius 2 is 1.83 bits per heavy atom. The number of aliphatic imine (C=N–C) groups is 1. The van der Waals surface area contributed by atoms with Crippen LogP contribution in [0.4, 0.5) is 5.82 Å². The molecule has 8 nitrogen and oxygen atoms in total. The highest BCUT2D eigenvalue weighted by Gasteiger charge is 2.07. The Hall–Kier alpha value is -2.43. The monoisotopic (exact) mass is 522 g/mol. The number of anilines is 1. The number of benzene rings is 1. The minimum Gasteiger partial charge on any atom is -0.368 e. The highest BCUT2D eigenvalue weighted by Crippen LogP contribution is 2.17. The average molecular weight is 522 g/mol. The van der Waals surface area contributed by atoms with E-state index in [0.717, 1.165) is 48.9 Å². The van der Waals surface area contributed by atoms with Crippen LogP contribution in [-0.4, -0.2) is 51.9 Å². The molecule has 0 saturated heterocycles. The second-order valence-electron chi connectivity index (χ2n) is 7.09. The molecule has 0 atom stereocenters. The molecule has 0 spiro atoms. The first-order valence-electron chi connectivity index (χ1n) is 10.0. The van der Waals surface area contributed by atoms with E-state index in [1.807, 2.05) is 7.05 Å². The van der Waals surface area contributed by atoms with Crippen LogP contribution in [0.15, 0.2) is 35.7 Å². The molecule has 9 heteroatoms. The van der Waals surface area contributed by atoms with E-state index in [4.69, 9.17) is 4.99 Å². The molecule has 162 valence electrons. The Bertz CT molecular complexity index is 962. The first kappa shape index (κ1) is 23.8. The molecule has 3 aromatic rings. The molecule has 2 aromatic heterocycles. The molecule has 0 saturated carbocycles. The average Bonchev–Trinajstić information content (AvgIpc) is 3.06. The summed E-state index contributed by atoms with van der Waals surface area (Å²) in [7, 11) is 1.87. The van der Waals surface area contributed by atoms with Crippen LogP contribution in [0.3, 0.4) is 0 Å². The van der Waals surface area contributed by atoms with Gasteiger partial charge in [-0.05, 0) is 32.8 Å². The molecule has 0 fully saturated rings. The molecule has 0 radical (unpaired) electrons. The maximum absolute atomic E-state index is 4.69. The maximum Gasteiger partial charge on any atom is 0.191 e. The lowest BCUT2D eigenvalue weighted by molar-refractivity contribution is 0.785. The van der Waals surface area contributed by atoms with Crippen LogP contribution in [0.1, 0.15) is 23.6 Å². The van der Waals surface area contributed by atoms with Crippen LogP contribution in [-0.2, 0) is 13.5 Å². The Kier molecular flexibility index (Phi) is 9.28. The quantitative estimate of drug-likeness (QED) is 0.183. The fraction of sp³-hybridized carbons (Fsp3) is 0.429. The topological polar surface area (TPSA) is 92.1 Å². The third kappa shape index (κ3) is 6.54. The summed E-state index contributed by atoms with van der Waals surface area (Å²) < 4.78 is 1.74. The van der Waals surface area contributed by atoms with Crippen molar-refractivity contribution in [2.75, 3.05) is 31.5 Å². The molecule has 0 amide bonds. The zero-order chi connectivity index (χ0) is 20.6. The summed E-state index contributed by atoms with van der Waals surface area (Å²) in [6, 6.07) is 6.66. The Morgan fingerprint density at radius 1 is 1.07 bits per heavy atom. The Morgan fingerprint density at radius 3 is 2.57 bits per heavy atom. The van der Waals surface area contributed by atoms with Gasteiger partial charge in [-0.25, -0.2) is 9.97 Å². The van der Waals surface area contributed by atoms with Gasteiger partial charge in [0.15, 0.2) is 11.6 Å². The molecule has 0 bridgehead atoms. The van der Waals surface area contributed by atoms with Crippen LogP contribution in [0.2, 0.25) is 0 Å². The fourth-order valence-electron chi connectivity index (χ4n) is 3.32. The third-order valence-electron chi connectivity index (χ3n) is 4.54. The van der Waals surface area contributed by atoms with E-state index in [0.29, 0.717) is 6.54 Å². The van der Waals surface area contributed by atoms with Crippen LogP contribution in [0.25, 0.3) is 11.0 Å².